The molecule has 1 aliphatic carbocycles. The lowest BCUT2D eigenvalue weighted by atomic mass is 9.76. The van der Waals surface area contributed by atoms with E-state index >= 15 is 0 Å². The van der Waals surface area contributed by atoms with Crippen LogP contribution in [-0.2, 0) is 0 Å². The van der Waals surface area contributed by atoms with Gasteiger partial charge in [-0.3, -0.25) is 0 Å². The molecular weight excluding hydrogens is 232 g/mol. The molecule has 0 amide bonds. The van der Waals surface area contributed by atoms with Crippen molar-refractivity contribution in [2.24, 2.45) is 11.8 Å². The molecule has 1 heteroatoms. The predicted octanol–water partition coefficient (Wildman–Crippen LogP) is 4.76. The molecule has 0 aliphatic heterocycles. The van der Waals surface area contributed by atoms with E-state index in [1.165, 1.54) is 37.7 Å². The monoisotopic (exact) mass is 260 g/mol. The van der Waals surface area contributed by atoms with Crippen LogP contribution in [0.25, 0.3) is 0 Å². The van der Waals surface area contributed by atoms with E-state index in [0.717, 1.165) is 12.3 Å². The van der Waals surface area contributed by atoms with Gasteiger partial charge in [0.1, 0.15) is 0 Å². The summed E-state index contributed by atoms with van der Waals surface area (Å²) in [5.41, 5.74) is 1.35. The highest BCUT2D eigenvalue weighted by Gasteiger charge is 2.26. The number of aliphatic hydroxyl groups is 1. The van der Waals surface area contributed by atoms with Gasteiger partial charge in [-0.05, 0) is 42.6 Å². The molecule has 1 nitrogen and oxygen atoms in total. The van der Waals surface area contributed by atoms with E-state index in [1.807, 2.05) is 0 Å². The van der Waals surface area contributed by atoms with E-state index in [0.29, 0.717) is 11.8 Å². The molecule has 19 heavy (non-hydrogen) atoms. The van der Waals surface area contributed by atoms with E-state index in [9.17, 15) is 5.11 Å². The topological polar surface area (TPSA) is 20.2 Å². The van der Waals surface area contributed by atoms with Gasteiger partial charge in [-0.15, -0.1) is 0 Å². The van der Waals surface area contributed by atoms with E-state index in [4.69, 9.17) is 0 Å². The normalized spacial score (nSPS) is 26.9. The molecule has 0 bridgehead atoms. The van der Waals surface area contributed by atoms with Crippen molar-refractivity contribution < 1.29 is 5.11 Å². The molecule has 1 N–H and O–H groups in total. The molecule has 0 aromatic heterocycles. The largest absolute Gasteiger partial charge is 0.393 e. The molecule has 1 aliphatic rings. The Labute approximate surface area is 118 Å². The molecule has 0 saturated heterocycles. The van der Waals surface area contributed by atoms with Gasteiger partial charge in [0.2, 0.25) is 0 Å². The van der Waals surface area contributed by atoms with Crippen LogP contribution in [0.3, 0.4) is 0 Å². The number of hydrogen-bond donors (Lipinski definition) is 1. The van der Waals surface area contributed by atoms with Crippen molar-refractivity contribution in [3.8, 4) is 0 Å². The summed E-state index contributed by atoms with van der Waals surface area (Å²) in [5, 5.41) is 10.5. The van der Waals surface area contributed by atoms with Gasteiger partial charge >= 0.3 is 0 Å². The van der Waals surface area contributed by atoms with Crippen LogP contribution in [0.15, 0.2) is 30.3 Å². The van der Waals surface area contributed by atoms with Crippen LogP contribution >= 0.6 is 0 Å². The van der Waals surface area contributed by atoms with Crippen LogP contribution in [0.5, 0.6) is 0 Å². The molecule has 1 aromatic rings. The summed E-state index contributed by atoms with van der Waals surface area (Å²) >= 11 is 0. The molecule has 1 saturated carbocycles. The minimum atomic E-state index is -0.118. The van der Waals surface area contributed by atoms with Crippen LogP contribution in [0.1, 0.15) is 63.9 Å². The highest BCUT2D eigenvalue weighted by Crippen LogP contribution is 2.35. The lowest BCUT2D eigenvalue weighted by Gasteiger charge is -2.32. The first kappa shape index (κ1) is 14.6. The number of aliphatic hydroxyl groups excluding tert-OH is 1. The van der Waals surface area contributed by atoms with Crippen molar-refractivity contribution in [3.05, 3.63) is 35.9 Å². The molecule has 0 radical (unpaired) electrons. The highest BCUT2D eigenvalue weighted by atomic mass is 16.3. The lowest BCUT2D eigenvalue weighted by molar-refractivity contribution is 0.0618. The van der Waals surface area contributed by atoms with E-state index in [-0.39, 0.29) is 6.10 Å². The van der Waals surface area contributed by atoms with Gasteiger partial charge in [-0.2, -0.15) is 0 Å². The second-order valence-corrected chi connectivity index (χ2v) is 6.30. The summed E-state index contributed by atoms with van der Waals surface area (Å²) in [6.45, 7) is 4.52. The van der Waals surface area contributed by atoms with Gasteiger partial charge in [-0.25, -0.2) is 0 Å². The zero-order chi connectivity index (χ0) is 13.7. The minimum absolute atomic E-state index is 0.118. The fraction of sp³-hybridized carbons (Fsp3) is 0.667. The van der Waals surface area contributed by atoms with Gasteiger partial charge in [-0.1, -0.05) is 63.4 Å². The minimum Gasteiger partial charge on any atom is -0.393 e. The van der Waals surface area contributed by atoms with E-state index in [2.05, 4.69) is 44.2 Å². The lowest BCUT2D eigenvalue weighted by Crippen LogP contribution is -2.26. The summed E-state index contributed by atoms with van der Waals surface area (Å²) < 4.78 is 0. The summed E-state index contributed by atoms with van der Waals surface area (Å²) in [7, 11) is 0. The molecular formula is C18H28O. The van der Waals surface area contributed by atoms with E-state index in [1.54, 1.807) is 0 Å². The second kappa shape index (κ2) is 7.09. The highest BCUT2D eigenvalue weighted by molar-refractivity contribution is 5.18. The van der Waals surface area contributed by atoms with Crippen LogP contribution in [0.2, 0.25) is 0 Å². The first-order valence-electron chi connectivity index (χ1n) is 7.93. The van der Waals surface area contributed by atoms with Crippen molar-refractivity contribution in [3.63, 3.8) is 0 Å². The van der Waals surface area contributed by atoms with Crippen molar-refractivity contribution in [2.75, 3.05) is 0 Å². The maximum Gasteiger partial charge on any atom is 0.0574 e. The van der Waals surface area contributed by atoms with Gasteiger partial charge in [0.15, 0.2) is 0 Å². The van der Waals surface area contributed by atoms with Gasteiger partial charge < -0.3 is 5.11 Å². The molecule has 1 aromatic carbocycles. The Morgan fingerprint density at radius 2 is 1.74 bits per heavy atom. The Hall–Kier alpha value is -0.820. The SMILES string of the molecule is CCC1CCC(C(O)CC(C)c2ccccc2)CC1. The molecule has 0 spiro atoms. The summed E-state index contributed by atoms with van der Waals surface area (Å²) in [5.74, 6) is 1.91. The Morgan fingerprint density at radius 3 is 2.32 bits per heavy atom. The third-order valence-electron chi connectivity index (χ3n) is 4.98. The number of rotatable bonds is 5. The van der Waals surface area contributed by atoms with Gasteiger partial charge in [0.25, 0.3) is 0 Å². The Morgan fingerprint density at radius 1 is 1.11 bits per heavy atom. The molecule has 2 unspecified atom stereocenters. The smallest absolute Gasteiger partial charge is 0.0574 e. The molecule has 2 atom stereocenters. The van der Waals surface area contributed by atoms with Gasteiger partial charge in [0.05, 0.1) is 6.10 Å². The third kappa shape index (κ3) is 4.07. The second-order valence-electron chi connectivity index (χ2n) is 6.30. The zero-order valence-electron chi connectivity index (χ0n) is 12.4. The van der Waals surface area contributed by atoms with Crippen molar-refractivity contribution >= 4 is 0 Å². The molecule has 2 rings (SSSR count). The summed E-state index contributed by atoms with van der Waals surface area (Å²) in [6, 6.07) is 10.6. The third-order valence-corrected chi connectivity index (χ3v) is 4.98. The maximum atomic E-state index is 10.5. The zero-order valence-corrected chi connectivity index (χ0v) is 12.4. The summed E-state index contributed by atoms with van der Waals surface area (Å²) in [6.07, 6.45) is 7.18. The van der Waals surface area contributed by atoms with Crippen molar-refractivity contribution in [1.29, 1.82) is 0 Å². The van der Waals surface area contributed by atoms with Crippen molar-refractivity contribution in [1.82, 2.24) is 0 Å². The number of hydrogen-bond acceptors (Lipinski definition) is 1. The van der Waals surface area contributed by atoms with Crippen LogP contribution < -0.4 is 0 Å². The van der Waals surface area contributed by atoms with Crippen LogP contribution in [0, 0.1) is 11.8 Å². The fourth-order valence-corrected chi connectivity index (χ4v) is 3.45. The number of benzene rings is 1. The van der Waals surface area contributed by atoms with Crippen molar-refractivity contribution in [2.45, 2.75) is 64.4 Å². The average Bonchev–Trinajstić information content (AvgIpc) is 2.48. The Kier molecular flexibility index (Phi) is 5.45. The average molecular weight is 260 g/mol. The summed E-state index contributed by atoms with van der Waals surface area (Å²) in [4.78, 5) is 0. The first-order chi connectivity index (χ1) is 9.20. The molecule has 106 valence electrons. The van der Waals surface area contributed by atoms with Crippen LogP contribution in [-0.4, -0.2) is 11.2 Å². The van der Waals surface area contributed by atoms with Crippen LogP contribution in [0.4, 0.5) is 0 Å². The van der Waals surface area contributed by atoms with Gasteiger partial charge in [0, 0.05) is 0 Å². The first-order valence-corrected chi connectivity index (χ1v) is 7.93. The fourth-order valence-electron chi connectivity index (χ4n) is 3.45. The predicted molar refractivity (Wildman–Crippen MR) is 81.2 cm³/mol. The van der Waals surface area contributed by atoms with E-state index < -0.39 is 0 Å². The standard InChI is InChI=1S/C18H28O/c1-3-15-9-11-17(12-10-15)18(19)13-14(2)16-7-5-4-6-8-16/h4-8,14-15,17-19H,3,9-13H2,1-2H3. The Bertz CT molecular complexity index is 351. The maximum absolute atomic E-state index is 10.5. The quantitative estimate of drug-likeness (QED) is 0.809. The molecule has 0 heterocycles. The molecule has 1 fully saturated rings. The Balaban J connectivity index is 1.83.